The van der Waals surface area contributed by atoms with Crippen LogP contribution in [0.3, 0.4) is 0 Å². The molecule has 0 bridgehead atoms. The fraction of sp³-hybridized carbons (Fsp3) is 0.263. The van der Waals surface area contributed by atoms with Gasteiger partial charge in [-0.25, -0.2) is 9.18 Å². The van der Waals surface area contributed by atoms with Crippen LogP contribution in [0.1, 0.15) is 41.6 Å². The first-order valence-electron chi connectivity index (χ1n) is 8.34. The molecule has 2 amide bonds. The van der Waals surface area contributed by atoms with Gasteiger partial charge in [-0.05, 0) is 36.6 Å². The van der Waals surface area contributed by atoms with Crippen LogP contribution in [-0.4, -0.2) is 29.6 Å². The van der Waals surface area contributed by atoms with Gasteiger partial charge in [0, 0.05) is 24.7 Å². The van der Waals surface area contributed by atoms with Crippen LogP contribution in [0.2, 0.25) is 5.15 Å². The first-order valence-corrected chi connectivity index (χ1v) is 8.72. The second-order valence-corrected chi connectivity index (χ2v) is 6.26. The quantitative estimate of drug-likeness (QED) is 0.583. The Morgan fingerprint density at radius 1 is 1.30 bits per heavy atom. The Morgan fingerprint density at radius 3 is 2.63 bits per heavy atom. The summed E-state index contributed by atoms with van der Waals surface area (Å²) in [5, 5.41) is 12.7. The Kier molecular flexibility index (Phi) is 7.01. The van der Waals surface area contributed by atoms with Crippen molar-refractivity contribution < 1.29 is 14.0 Å². The summed E-state index contributed by atoms with van der Waals surface area (Å²) in [6, 6.07) is 6.12. The third-order valence-electron chi connectivity index (χ3n) is 4.10. The molecule has 27 heavy (non-hydrogen) atoms. The monoisotopic (exact) mass is 390 g/mol. The molecule has 0 radical (unpaired) electrons. The number of aromatic nitrogens is 2. The number of urea groups is 1. The van der Waals surface area contributed by atoms with Crippen molar-refractivity contribution in [3.8, 4) is 0 Å². The number of halogens is 2. The van der Waals surface area contributed by atoms with Crippen LogP contribution in [0.5, 0.6) is 0 Å². The van der Waals surface area contributed by atoms with Crippen LogP contribution in [-0.2, 0) is 4.79 Å². The van der Waals surface area contributed by atoms with E-state index in [2.05, 4.69) is 20.8 Å². The molecule has 0 spiro atoms. The van der Waals surface area contributed by atoms with Gasteiger partial charge in [-0.1, -0.05) is 30.7 Å². The van der Waals surface area contributed by atoms with E-state index in [-0.39, 0.29) is 28.2 Å². The average Bonchev–Trinajstić information content (AvgIpc) is 2.66. The van der Waals surface area contributed by atoms with Gasteiger partial charge in [-0.2, -0.15) is 0 Å². The van der Waals surface area contributed by atoms with E-state index in [1.165, 1.54) is 19.3 Å². The van der Waals surface area contributed by atoms with Crippen LogP contribution < -0.4 is 10.6 Å². The van der Waals surface area contributed by atoms with E-state index in [0.29, 0.717) is 23.8 Å². The lowest BCUT2D eigenvalue weighted by molar-refractivity contribution is -0.103. The van der Waals surface area contributed by atoms with E-state index < -0.39 is 6.03 Å². The molecule has 1 aromatic carbocycles. The maximum absolute atomic E-state index is 14.5. The summed E-state index contributed by atoms with van der Waals surface area (Å²) in [6.07, 6.45) is 2.34. The lowest BCUT2D eigenvalue weighted by Crippen LogP contribution is -2.28. The van der Waals surface area contributed by atoms with Crippen LogP contribution in [0, 0.1) is 12.7 Å². The summed E-state index contributed by atoms with van der Waals surface area (Å²) in [6.45, 7) is 3.72. The fourth-order valence-electron chi connectivity index (χ4n) is 2.68. The van der Waals surface area contributed by atoms with Crippen LogP contribution >= 0.6 is 11.6 Å². The van der Waals surface area contributed by atoms with Gasteiger partial charge in [0.1, 0.15) is 5.82 Å². The number of hydrogen-bond acceptors (Lipinski definition) is 4. The van der Waals surface area contributed by atoms with Crippen molar-refractivity contribution >= 4 is 29.5 Å². The van der Waals surface area contributed by atoms with Crippen LogP contribution in [0.4, 0.5) is 9.18 Å². The molecule has 0 aliphatic carbocycles. The Bertz CT molecular complexity index is 886. The van der Waals surface area contributed by atoms with Crippen LogP contribution in [0.25, 0.3) is 5.57 Å². The highest BCUT2D eigenvalue weighted by molar-refractivity contribution is 6.30. The predicted octanol–water partition coefficient (Wildman–Crippen LogP) is 3.59. The van der Waals surface area contributed by atoms with Gasteiger partial charge >= 0.3 is 6.03 Å². The highest BCUT2D eigenvalue weighted by Gasteiger charge is 2.21. The third-order valence-corrected chi connectivity index (χ3v) is 4.39. The molecule has 142 valence electrons. The lowest BCUT2D eigenvalue weighted by Gasteiger charge is -2.18. The molecule has 8 heteroatoms. The molecule has 1 unspecified atom stereocenters. The zero-order valence-corrected chi connectivity index (χ0v) is 16.0. The molecule has 2 N–H and O–H groups in total. The zero-order valence-electron chi connectivity index (χ0n) is 15.2. The smallest absolute Gasteiger partial charge is 0.318 e. The molecule has 0 aliphatic rings. The van der Waals surface area contributed by atoms with Gasteiger partial charge in [0.25, 0.3) is 0 Å². The molecule has 0 aliphatic heterocycles. The molecule has 6 nitrogen and oxygen atoms in total. The van der Waals surface area contributed by atoms with E-state index in [0.717, 1.165) is 5.56 Å². The van der Waals surface area contributed by atoms with E-state index in [9.17, 15) is 14.0 Å². The number of rotatable bonds is 6. The fourth-order valence-corrected chi connectivity index (χ4v) is 2.91. The number of benzene rings is 1. The molecule has 2 aromatic rings. The molecular weight excluding hydrogens is 371 g/mol. The van der Waals surface area contributed by atoms with Crippen molar-refractivity contribution in [1.29, 1.82) is 0 Å². The van der Waals surface area contributed by atoms with Crippen molar-refractivity contribution in [2.45, 2.75) is 26.2 Å². The number of amides is 2. The number of nitrogens with zero attached hydrogens (tertiary/aromatic N) is 2. The first-order chi connectivity index (χ1) is 12.9. The number of aryl methyl sites for hydroxylation is 1. The zero-order chi connectivity index (χ0) is 20.0. The lowest BCUT2D eigenvalue weighted by atomic mass is 9.88. The van der Waals surface area contributed by atoms with Gasteiger partial charge in [0.15, 0.2) is 11.4 Å². The van der Waals surface area contributed by atoms with E-state index in [4.69, 9.17) is 11.6 Å². The minimum Gasteiger partial charge on any atom is -0.341 e. The Labute approximate surface area is 161 Å². The van der Waals surface area contributed by atoms with Gasteiger partial charge in [0.2, 0.25) is 0 Å². The molecule has 0 saturated carbocycles. The summed E-state index contributed by atoms with van der Waals surface area (Å²) in [7, 11) is 1.45. The number of hydrogen-bond donors (Lipinski definition) is 2. The van der Waals surface area contributed by atoms with Crippen molar-refractivity contribution in [2.75, 3.05) is 7.05 Å². The van der Waals surface area contributed by atoms with E-state index in [1.807, 2.05) is 19.9 Å². The molecule has 2 rings (SSSR count). The Morgan fingerprint density at radius 2 is 2.04 bits per heavy atom. The average molecular weight is 391 g/mol. The SMILES string of the molecule is CCC(c1ccc(C)cc1F)c1cc(/C(C=O)=C/NC(=O)NC)nnc1Cl. The molecule has 0 fully saturated rings. The molecular formula is C19H20ClFN4O2. The summed E-state index contributed by atoms with van der Waals surface area (Å²) in [4.78, 5) is 22.7. The van der Waals surface area contributed by atoms with Crippen molar-refractivity contribution in [3.63, 3.8) is 0 Å². The second-order valence-electron chi connectivity index (χ2n) is 5.90. The van der Waals surface area contributed by atoms with Crippen molar-refractivity contribution in [2.24, 2.45) is 0 Å². The normalized spacial score (nSPS) is 12.4. The highest BCUT2D eigenvalue weighted by atomic mass is 35.5. The Hall–Kier alpha value is -2.80. The maximum atomic E-state index is 14.5. The summed E-state index contributed by atoms with van der Waals surface area (Å²) in [5.41, 5.74) is 2.20. The van der Waals surface area contributed by atoms with Gasteiger partial charge in [-0.3, -0.25) is 4.79 Å². The molecule has 1 aromatic heterocycles. The standard InChI is InChI=1S/C19H20ClFN4O2/c1-4-13(14-6-5-11(2)7-16(14)21)15-8-17(24-25-18(15)20)12(10-26)9-23-19(27)22-3/h5-10,13H,4H2,1-3H3,(H2,22,23,27)/b12-9+. The summed E-state index contributed by atoms with van der Waals surface area (Å²) >= 11 is 6.22. The molecule has 0 saturated heterocycles. The van der Waals surface area contributed by atoms with Crippen molar-refractivity contribution in [1.82, 2.24) is 20.8 Å². The van der Waals surface area contributed by atoms with Crippen molar-refractivity contribution in [3.05, 3.63) is 63.8 Å². The minimum atomic E-state index is -0.482. The number of nitrogens with one attached hydrogen (secondary N) is 2. The number of allylic oxidation sites excluding steroid dienone is 1. The Balaban J connectivity index is 2.48. The number of aldehydes is 1. The molecule has 1 atom stereocenters. The van der Waals surface area contributed by atoms with Gasteiger partial charge in [-0.15, -0.1) is 10.2 Å². The number of carbonyl (C=O) groups is 2. The highest BCUT2D eigenvalue weighted by Crippen LogP contribution is 2.34. The van der Waals surface area contributed by atoms with E-state index >= 15 is 0 Å². The predicted molar refractivity (Wildman–Crippen MR) is 102 cm³/mol. The van der Waals surface area contributed by atoms with Crippen LogP contribution in [0.15, 0.2) is 30.5 Å². The molecule has 1 heterocycles. The van der Waals surface area contributed by atoms with Gasteiger partial charge in [0.05, 0.1) is 11.3 Å². The summed E-state index contributed by atoms with van der Waals surface area (Å²) < 4.78 is 14.5. The van der Waals surface area contributed by atoms with E-state index in [1.54, 1.807) is 12.1 Å². The maximum Gasteiger partial charge on any atom is 0.318 e. The largest absolute Gasteiger partial charge is 0.341 e. The first kappa shape index (κ1) is 20.5. The van der Waals surface area contributed by atoms with Gasteiger partial charge < -0.3 is 10.6 Å². The second kappa shape index (κ2) is 9.23. The third kappa shape index (κ3) is 4.89. The minimum absolute atomic E-state index is 0.114. The summed E-state index contributed by atoms with van der Waals surface area (Å²) in [5.74, 6) is -0.684. The number of carbonyl (C=O) groups excluding carboxylic acids is 2. The topological polar surface area (TPSA) is 84.0 Å².